The van der Waals surface area contributed by atoms with Crippen molar-refractivity contribution in [2.75, 3.05) is 5.75 Å². The van der Waals surface area contributed by atoms with Crippen LogP contribution in [0.15, 0.2) is 53.4 Å². The maximum atomic E-state index is 12.7. The molecular formula is C18H17NO2S. The molecule has 2 aromatic rings. The quantitative estimate of drug-likeness (QED) is 0.896. The van der Waals surface area contributed by atoms with Crippen LogP contribution >= 0.6 is 11.8 Å². The molecule has 3 atom stereocenters. The largest absolute Gasteiger partial charge is 0.390 e. The van der Waals surface area contributed by atoms with Gasteiger partial charge in [0.1, 0.15) is 0 Å². The van der Waals surface area contributed by atoms with Crippen LogP contribution in [0.25, 0.3) is 0 Å². The van der Waals surface area contributed by atoms with Crippen molar-refractivity contribution in [3.05, 3.63) is 65.2 Å². The van der Waals surface area contributed by atoms with Gasteiger partial charge >= 0.3 is 0 Å². The average Bonchev–Trinajstić information content (AvgIpc) is 3.09. The van der Waals surface area contributed by atoms with E-state index < -0.39 is 6.10 Å². The minimum atomic E-state index is -0.536. The monoisotopic (exact) mass is 311 g/mol. The molecule has 0 saturated carbocycles. The van der Waals surface area contributed by atoms with Crippen molar-refractivity contribution in [1.82, 2.24) is 5.32 Å². The summed E-state index contributed by atoms with van der Waals surface area (Å²) in [5, 5.41) is 13.3. The highest BCUT2D eigenvalue weighted by molar-refractivity contribution is 7.99. The second-order valence-electron chi connectivity index (χ2n) is 5.86. The lowest BCUT2D eigenvalue weighted by atomic mass is 9.99. The highest BCUT2D eigenvalue weighted by Gasteiger charge is 2.35. The number of hydrogen-bond donors (Lipinski definition) is 2. The lowest BCUT2D eigenvalue weighted by Crippen LogP contribution is -2.37. The van der Waals surface area contributed by atoms with Crippen molar-refractivity contribution >= 4 is 17.7 Å². The first kappa shape index (κ1) is 13.9. The number of carbonyl (C=O) groups excluding carboxylic acids is 1. The summed E-state index contributed by atoms with van der Waals surface area (Å²) in [6.45, 7) is 0. The summed E-state index contributed by atoms with van der Waals surface area (Å²) in [6.07, 6.45) is 0.0718. The maximum Gasteiger partial charge on any atom is 0.229 e. The molecule has 2 aromatic carbocycles. The van der Waals surface area contributed by atoms with E-state index in [4.69, 9.17) is 0 Å². The number of nitrogens with one attached hydrogen (secondary N) is 1. The van der Waals surface area contributed by atoms with E-state index in [9.17, 15) is 9.90 Å². The summed E-state index contributed by atoms with van der Waals surface area (Å²) >= 11 is 1.73. The molecule has 0 spiro atoms. The lowest BCUT2D eigenvalue weighted by Gasteiger charge is -2.20. The van der Waals surface area contributed by atoms with Crippen molar-refractivity contribution in [2.45, 2.75) is 29.4 Å². The molecule has 1 amide bonds. The first-order valence-corrected chi connectivity index (χ1v) is 8.50. The van der Waals surface area contributed by atoms with Crippen LogP contribution in [0.4, 0.5) is 0 Å². The van der Waals surface area contributed by atoms with Gasteiger partial charge in [0.2, 0.25) is 5.91 Å². The Morgan fingerprint density at radius 1 is 1.09 bits per heavy atom. The molecule has 0 saturated heterocycles. The van der Waals surface area contributed by atoms with E-state index in [0.29, 0.717) is 6.42 Å². The van der Waals surface area contributed by atoms with Crippen LogP contribution in [0.3, 0.4) is 0 Å². The molecule has 1 heterocycles. The van der Waals surface area contributed by atoms with Crippen LogP contribution in [0, 0.1) is 0 Å². The highest BCUT2D eigenvalue weighted by Crippen LogP contribution is 2.40. The number of thioether (sulfide) groups is 1. The summed E-state index contributed by atoms with van der Waals surface area (Å²) in [7, 11) is 0. The Morgan fingerprint density at radius 3 is 2.68 bits per heavy atom. The number of aliphatic hydroxyl groups excluding tert-OH is 1. The molecule has 1 aliphatic heterocycles. The molecule has 2 aliphatic rings. The van der Waals surface area contributed by atoms with Gasteiger partial charge in [0.05, 0.1) is 18.1 Å². The summed E-state index contributed by atoms with van der Waals surface area (Å²) in [6, 6.07) is 15.7. The van der Waals surface area contributed by atoms with Crippen molar-refractivity contribution in [3.63, 3.8) is 0 Å². The number of amides is 1. The fourth-order valence-electron chi connectivity index (χ4n) is 3.38. The van der Waals surface area contributed by atoms with E-state index in [1.807, 2.05) is 42.5 Å². The van der Waals surface area contributed by atoms with Crippen molar-refractivity contribution < 1.29 is 9.90 Å². The summed E-state index contributed by atoms with van der Waals surface area (Å²) in [4.78, 5) is 13.9. The Balaban J connectivity index is 1.56. The third-order valence-corrected chi connectivity index (χ3v) is 5.70. The van der Waals surface area contributed by atoms with Gasteiger partial charge in [-0.3, -0.25) is 4.79 Å². The minimum Gasteiger partial charge on any atom is -0.390 e. The van der Waals surface area contributed by atoms with Crippen LogP contribution in [0.1, 0.15) is 28.7 Å². The van der Waals surface area contributed by atoms with Gasteiger partial charge in [-0.25, -0.2) is 0 Å². The number of aliphatic hydroxyl groups is 1. The molecule has 0 bridgehead atoms. The van der Waals surface area contributed by atoms with Gasteiger partial charge in [-0.05, 0) is 22.8 Å². The smallest absolute Gasteiger partial charge is 0.229 e. The van der Waals surface area contributed by atoms with Crippen molar-refractivity contribution in [2.24, 2.45) is 0 Å². The Morgan fingerprint density at radius 2 is 1.82 bits per heavy atom. The van der Waals surface area contributed by atoms with Gasteiger partial charge in [-0.15, -0.1) is 11.8 Å². The third kappa shape index (κ3) is 2.23. The molecule has 4 rings (SSSR count). The highest BCUT2D eigenvalue weighted by atomic mass is 32.2. The Bertz CT molecular complexity index is 731. The van der Waals surface area contributed by atoms with Gasteiger partial charge in [-0.2, -0.15) is 0 Å². The molecule has 2 N–H and O–H groups in total. The summed E-state index contributed by atoms with van der Waals surface area (Å²) in [5.74, 6) is 0.662. The van der Waals surface area contributed by atoms with E-state index >= 15 is 0 Å². The number of hydrogen-bond acceptors (Lipinski definition) is 3. The van der Waals surface area contributed by atoms with Gasteiger partial charge < -0.3 is 10.4 Å². The van der Waals surface area contributed by atoms with E-state index in [-0.39, 0.29) is 17.9 Å². The first-order chi connectivity index (χ1) is 10.7. The predicted molar refractivity (Wildman–Crippen MR) is 86.9 cm³/mol. The topological polar surface area (TPSA) is 49.3 Å². The molecule has 0 fully saturated rings. The van der Waals surface area contributed by atoms with Gasteiger partial charge in [0.15, 0.2) is 0 Å². The second kappa shape index (κ2) is 5.45. The maximum absolute atomic E-state index is 12.7. The molecular weight excluding hydrogens is 294 g/mol. The van der Waals surface area contributed by atoms with Crippen molar-refractivity contribution in [1.29, 1.82) is 0 Å². The SMILES string of the molecule is O=C(N[C@H]1c2ccccc2C[C@H]1O)C1CSc2ccccc21. The summed E-state index contributed by atoms with van der Waals surface area (Å²) < 4.78 is 0. The van der Waals surface area contributed by atoms with E-state index in [1.54, 1.807) is 11.8 Å². The van der Waals surface area contributed by atoms with E-state index in [0.717, 1.165) is 22.4 Å². The molecule has 3 nitrogen and oxygen atoms in total. The fourth-order valence-corrected chi connectivity index (χ4v) is 4.61. The van der Waals surface area contributed by atoms with Crippen LogP contribution < -0.4 is 5.32 Å². The van der Waals surface area contributed by atoms with Crippen molar-refractivity contribution in [3.8, 4) is 0 Å². The Hall–Kier alpha value is -1.78. The normalized spacial score (nSPS) is 25.6. The second-order valence-corrected chi connectivity index (χ2v) is 6.92. The predicted octanol–water partition coefficient (Wildman–Crippen LogP) is 2.65. The molecule has 112 valence electrons. The standard InChI is InChI=1S/C18H17NO2S/c20-15-9-11-5-1-2-6-12(11)17(15)19-18(21)14-10-22-16-8-4-3-7-13(14)16/h1-8,14-15,17,20H,9-10H2,(H,19,21)/t14?,15-,17+/m1/s1. The van der Waals surface area contributed by atoms with Gasteiger partial charge in [-0.1, -0.05) is 42.5 Å². The zero-order valence-electron chi connectivity index (χ0n) is 12.0. The Labute approximate surface area is 133 Å². The first-order valence-electron chi connectivity index (χ1n) is 7.52. The van der Waals surface area contributed by atoms with E-state index in [1.165, 1.54) is 4.90 Å². The van der Waals surface area contributed by atoms with Crippen LogP contribution in [-0.4, -0.2) is 22.9 Å². The Kier molecular flexibility index (Phi) is 3.43. The van der Waals surface area contributed by atoms with E-state index in [2.05, 4.69) is 11.4 Å². The van der Waals surface area contributed by atoms with Crippen LogP contribution in [0.2, 0.25) is 0 Å². The molecule has 22 heavy (non-hydrogen) atoms. The third-order valence-electron chi connectivity index (χ3n) is 4.52. The van der Waals surface area contributed by atoms with Gasteiger partial charge in [0, 0.05) is 17.1 Å². The van der Waals surface area contributed by atoms with Crippen LogP contribution in [-0.2, 0) is 11.2 Å². The molecule has 4 heteroatoms. The molecule has 1 aliphatic carbocycles. The van der Waals surface area contributed by atoms with Gasteiger partial charge in [0.25, 0.3) is 0 Å². The minimum absolute atomic E-state index is 0.0122. The average molecular weight is 311 g/mol. The zero-order valence-corrected chi connectivity index (χ0v) is 12.8. The zero-order chi connectivity index (χ0) is 15.1. The van der Waals surface area contributed by atoms with Crippen LogP contribution in [0.5, 0.6) is 0 Å². The molecule has 0 aromatic heterocycles. The molecule has 0 radical (unpaired) electrons. The fraction of sp³-hybridized carbons (Fsp3) is 0.278. The summed E-state index contributed by atoms with van der Waals surface area (Å²) in [5.41, 5.74) is 3.27. The molecule has 1 unspecified atom stereocenters. The number of carbonyl (C=O) groups is 1. The lowest BCUT2D eigenvalue weighted by molar-refractivity contribution is -0.123. The number of fused-ring (bicyclic) bond motifs is 2. The number of rotatable bonds is 2. The number of benzene rings is 2.